The maximum Gasteiger partial charge on any atom is -0.0223 e. The van der Waals surface area contributed by atoms with Crippen molar-refractivity contribution < 1.29 is 0 Å². The van der Waals surface area contributed by atoms with E-state index in [4.69, 9.17) is 0 Å². The molecule has 74 valence electrons. The molecule has 0 aromatic heterocycles. The summed E-state index contributed by atoms with van der Waals surface area (Å²) in [5, 5.41) is 0. The van der Waals surface area contributed by atoms with Gasteiger partial charge >= 0.3 is 0 Å². The molecule has 2 rings (SSSR count). The Morgan fingerprint density at radius 1 is 0.769 bits per heavy atom. The lowest BCUT2D eigenvalue weighted by molar-refractivity contribution is 0.232. The van der Waals surface area contributed by atoms with Crippen molar-refractivity contribution in [3.8, 4) is 0 Å². The molecule has 0 heteroatoms. The maximum atomic E-state index is 2.38. The third kappa shape index (κ3) is 2.72. The van der Waals surface area contributed by atoms with Crippen LogP contribution in [0.4, 0.5) is 0 Å². The Hall–Kier alpha value is -0.520. The zero-order chi connectivity index (χ0) is 9.57. The molecular weight excluding hydrogens is 156 g/mol. The second-order valence-corrected chi connectivity index (χ2v) is 3.93. The molecule has 0 heterocycles. The van der Waals surface area contributed by atoms with Crippen LogP contribution in [0.25, 0.3) is 0 Å². The highest BCUT2D eigenvalue weighted by Gasteiger charge is 2.29. The van der Waals surface area contributed by atoms with Gasteiger partial charge in [0.25, 0.3) is 0 Å². The SMILES string of the molecule is C1=CCC2(CC=CCC2)CC1.CC. The van der Waals surface area contributed by atoms with E-state index in [1.807, 2.05) is 13.8 Å². The lowest BCUT2D eigenvalue weighted by atomic mass is 9.69. The highest BCUT2D eigenvalue weighted by atomic mass is 14.3. The zero-order valence-corrected chi connectivity index (χ0v) is 9.05. The standard InChI is InChI=1S/C11H16.C2H6/c1-3-7-11(8-4-1)9-5-2-6-10-11;1-2/h1-3,5H,4,6-10H2;1-2H3. The van der Waals surface area contributed by atoms with Gasteiger partial charge in [-0.05, 0) is 43.9 Å². The van der Waals surface area contributed by atoms with E-state index < -0.39 is 0 Å². The molecule has 13 heavy (non-hydrogen) atoms. The molecular formula is C13H22. The van der Waals surface area contributed by atoms with Gasteiger partial charge in [0.1, 0.15) is 0 Å². The number of hydrogen-bond donors (Lipinski definition) is 0. The predicted octanol–water partition coefficient (Wildman–Crippen LogP) is 4.48. The summed E-state index contributed by atoms with van der Waals surface area (Å²) in [7, 11) is 0. The van der Waals surface area contributed by atoms with Crippen molar-refractivity contribution in [1.82, 2.24) is 0 Å². The molecule has 0 aromatic rings. The summed E-state index contributed by atoms with van der Waals surface area (Å²) in [6.45, 7) is 4.00. The molecule has 0 atom stereocenters. The van der Waals surface area contributed by atoms with Gasteiger partial charge in [-0.1, -0.05) is 38.2 Å². The summed E-state index contributed by atoms with van der Waals surface area (Å²) in [5.41, 5.74) is 0.684. The molecule has 0 nitrogen and oxygen atoms in total. The second kappa shape index (κ2) is 5.26. The fraction of sp³-hybridized carbons (Fsp3) is 0.692. The van der Waals surface area contributed by atoms with Crippen LogP contribution in [-0.2, 0) is 0 Å². The molecule has 0 aromatic carbocycles. The normalized spacial score (nSPS) is 23.8. The number of rotatable bonds is 0. The molecule has 2 aliphatic carbocycles. The second-order valence-electron chi connectivity index (χ2n) is 3.93. The predicted molar refractivity (Wildman–Crippen MR) is 59.8 cm³/mol. The van der Waals surface area contributed by atoms with Crippen LogP contribution in [0.2, 0.25) is 0 Å². The van der Waals surface area contributed by atoms with Gasteiger partial charge in [0.15, 0.2) is 0 Å². The molecule has 0 fully saturated rings. The molecule has 0 saturated heterocycles. The van der Waals surface area contributed by atoms with Gasteiger partial charge < -0.3 is 0 Å². The number of hydrogen-bond acceptors (Lipinski definition) is 0. The Kier molecular flexibility index (Phi) is 4.27. The van der Waals surface area contributed by atoms with Crippen LogP contribution >= 0.6 is 0 Å². The lowest BCUT2D eigenvalue weighted by Crippen LogP contribution is -2.22. The summed E-state index contributed by atoms with van der Waals surface area (Å²) in [5.74, 6) is 0. The zero-order valence-electron chi connectivity index (χ0n) is 9.05. The van der Waals surface area contributed by atoms with Crippen molar-refractivity contribution in [3.05, 3.63) is 24.3 Å². The van der Waals surface area contributed by atoms with E-state index in [2.05, 4.69) is 24.3 Å². The molecule has 0 bridgehead atoms. The van der Waals surface area contributed by atoms with Gasteiger partial charge in [-0.15, -0.1) is 0 Å². The minimum atomic E-state index is 0.684. The fourth-order valence-corrected chi connectivity index (χ4v) is 2.30. The summed E-state index contributed by atoms with van der Waals surface area (Å²) in [6, 6.07) is 0. The Morgan fingerprint density at radius 3 is 1.54 bits per heavy atom. The van der Waals surface area contributed by atoms with Crippen LogP contribution in [0, 0.1) is 5.41 Å². The van der Waals surface area contributed by atoms with Crippen LogP contribution in [0.15, 0.2) is 24.3 Å². The van der Waals surface area contributed by atoms with E-state index in [-0.39, 0.29) is 0 Å². The van der Waals surface area contributed by atoms with Crippen LogP contribution in [0.3, 0.4) is 0 Å². The van der Waals surface area contributed by atoms with E-state index >= 15 is 0 Å². The van der Waals surface area contributed by atoms with Gasteiger partial charge in [-0.25, -0.2) is 0 Å². The monoisotopic (exact) mass is 178 g/mol. The van der Waals surface area contributed by atoms with Gasteiger partial charge in [0, 0.05) is 0 Å². The van der Waals surface area contributed by atoms with Gasteiger partial charge in [-0.3, -0.25) is 0 Å². The fourth-order valence-electron chi connectivity index (χ4n) is 2.30. The topological polar surface area (TPSA) is 0 Å². The first kappa shape index (κ1) is 10.6. The van der Waals surface area contributed by atoms with Crippen molar-refractivity contribution in [1.29, 1.82) is 0 Å². The molecule has 0 N–H and O–H groups in total. The Bertz CT molecular complexity index is 164. The summed E-state index contributed by atoms with van der Waals surface area (Å²) in [6.07, 6.45) is 17.6. The summed E-state index contributed by atoms with van der Waals surface area (Å²) >= 11 is 0. The average Bonchev–Trinajstić information content (AvgIpc) is 2.23. The van der Waals surface area contributed by atoms with Crippen LogP contribution in [0.1, 0.15) is 52.4 Å². The minimum Gasteiger partial charge on any atom is -0.0885 e. The average molecular weight is 178 g/mol. The summed E-state index contributed by atoms with van der Waals surface area (Å²) in [4.78, 5) is 0. The molecule has 0 aliphatic heterocycles. The van der Waals surface area contributed by atoms with Crippen molar-refractivity contribution >= 4 is 0 Å². The quantitative estimate of drug-likeness (QED) is 0.480. The molecule has 0 saturated carbocycles. The maximum absolute atomic E-state index is 2.38. The van der Waals surface area contributed by atoms with Crippen molar-refractivity contribution in [2.24, 2.45) is 5.41 Å². The highest BCUT2D eigenvalue weighted by Crippen LogP contribution is 2.42. The van der Waals surface area contributed by atoms with Crippen LogP contribution < -0.4 is 0 Å². The van der Waals surface area contributed by atoms with E-state index in [0.717, 1.165) is 0 Å². The number of allylic oxidation sites excluding steroid dienone is 4. The van der Waals surface area contributed by atoms with E-state index in [9.17, 15) is 0 Å². The van der Waals surface area contributed by atoms with Crippen LogP contribution in [0.5, 0.6) is 0 Å². The first-order valence-corrected chi connectivity index (χ1v) is 5.71. The van der Waals surface area contributed by atoms with Crippen LogP contribution in [-0.4, -0.2) is 0 Å². The Labute approximate surface area is 82.7 Å². The third-order valence-electron chi connectivity index (χ3n) is 3.12. The smallest absolute Gasteiger partial charge is 0.0223 e. The first-order valence-electron chi connectivity index (χ1n) is 5.71. The van der Waals surface area contributed by atoms with Crippen molar-refractivity contribution in [2.45, 2.75) is 52.4 Å². The van der Waals surface area contributed by atoms with Crippen molar-refractivity contribution in [3.63, 3.8) is 0 Å². The van der Waals surface area contributed by atoms with Gasteiger partial charge in [-0.2, -0.15) is 0 Å². The molecule has 1 spiro atoms. The van der Waals surface area contributed by atoms with Crippen molar-refractivity contribution in [2.75, 3.05) is 0 Å². The van der Waals surface area contributed by atoms with E-state index in [1.165, 1.54) is 38.5 Å². The Balaban J connectivity index is 0.000000396. The van der Waals surface area contributed by atoms with E-state index in [0.29, 0.717) is 5.41 Å². The molecule has 0 amide bonds. The van der Waals surface area contributed by atoms with E-state index in [1.54, 1.807) is 0 Å². The third-order valence-corrected chi connectivity index (χ3v) is 3.12. The minimum absolute atomic E-state index is 0.684. The van der Waals surface area contributed by atoms with Gasteiger partial charge in [0.2, 0.25) is 0 Å². The lowest BCUT2D eigenvalue weighted by Gasteiger charge is -2.36. The largest absolute Gasteiger partial charge is 0.0885 e. The molecule has 0 radical (unpaired) electrons. The van der Waals surface area contributed by atoms with Gasteiger partial charge in [0.05, 0.1) is 0 Å². The first-order chi connectivity index (χ1) is 6.41. The Morgan fingerprint density at radius 2 is 1.23 bits per heavy atom. The highest BCUT2D eigenvalue weighted by molar-refractivity contribution is 5.04. The molecule has 0 unspecified atom stereocenters. The summed E-state index contributed by atoms with van der Waals surface area (Å²) < 4.78 is 0. The molecule has 2 aliphatic rings.